The molecule has 2 aromatic carbocycles. The summed E-state index contributed by atoms with van der Waals surface area (Å²) in [6, 6.07) is 11.3. The summed E-state index contributed by atoms with van der Waals surface area (Å²) in [6.45, 7) is 1.99. The second-order valence-corrected chi connectivity index (χ2v) is 4.84. The SMILES string of the molecule is Cc1ccc(C(Cl)Cc2ccc(F)cc2F)cc1. The molecule has 2 aromatic rings. The van der Waals surface area contributed by atoms with Crippen molar-refractivity contribution < 1.29 is 8.78 Å². The van der Waals surface area contributed by atoms with Crippen LogP contribution < -0.4 is 0 Å². The third-order valence-corrected chi connectivity index (χ3v) is 3.26. The molecule has 0 spiro atoms. The summed E-state index contributed by atoms with van der Waals surface area (Å²) in [5.41, 5.74) is 2.51. The highest BCUT2D eigenvalue weighted by atomic mass is 35.5. The van der Waals surface area contributed by atoms with Gasteiger partial charge in [-0.15, -0.1) is 11.6 Å². The lowest BCUT2D eigenvalue weighted by Crippen LogP contribution is -1.99. The minimum Gasteiger partial charge on any atom is -0.207 e. The Bertz CT molecular complexity index is 535. The largest absolute Gasteiger partial charge is 0.207 e. The van der Waals surface area contributed by atoms with Gasteiger partial charge in [0.25, 0.3) is 0 Å². The van der Waals surface area contributed by atoms with E-state index in [0.29, 0.717) is 12.0 Å². The summed E-state index contributed by atoms with van der Waals surface area (Å²) < 4.78 is 26.3. The lowest BCUT2D eigenvalue weighted by Gasteiger charge is -2.11. The first-order chi connectivity index (χ1) is 8.56. The standard InChI is InChI=1S/C15H13ClF2/c1-10-2-4-11(5-3-10)14(16)8-12-6-7-13(17)9-15(12)18/h2-7,9,14H,8H2,1H3. The molecule has 0 fully saturated rings. The molecule has 0 aromatic heterocycles. The third-order valence-electron chi connectivity index (χ3n) is 2.85. The van der Waals surface area contributed by atoms with Gasteiger partial charge in [-0.05, 0) is 30.5 Å². The Morgan fingerprint density at radius 2 is 1.72 bits per heavy atom. The van der Waals surface area contributed by atoms with Crippen molar-refractivity contribution in [2.24, 2.45) is 0 Å². The Balaban J connectivity index is 2.15. The minimum atomic E-state index is -0.572. The molecule has 2 rings (SSSR count). The zero-order chi connectivity index (χ0) is 13.1. The van der Waals surface area contributed by atoms with Gasteiger partial charge in [0.1, 0.15) is 11.6 Å². The van der Waals surface area contributed by atoms with Crippen LogP contribution in [0.4, 0.5) is 8.78 Å². The summed E-state index contributed by atoms with van der Waals surface area (Å²) in [5.74, 6) is -1.12. The van der Waals surface area contributed by atoms with Gasteiger partial charge < -0.3 is 0 Å². The molecule has 0 saturated heterocycles. The number of aryl methyl sites for hydroxylation is 1. The van der Waals surface area contributed by atoms with Crippen molar-refractivity contribution in [1.82, 2.24) is 0 Å². The van der Waals surface area contributed by atoms with Gasteiger partial charge in [0.2, 0.25) is 0 Å². The molecular weight excluding hydrogens is 254 g/mol. The molecule has 0 N–H and O–H groups in total. The van der Waals surface area contributed by atoms with E-state index in [1.165, 1.54) is 12.1 Å². The van der Waals surface area contributed by atoms with E-state index in [1.807, 2.05) is 31.2 Å². The van der Waals surface area contributed by atoms with Crippen molar-refractivity contribution in [3.8, 4) is 0 Å². The number of halogens is 3. The van der Waals surface area contributed by atoms with E-state index < -0.39 is 11.6 Å². The molecule has 0 saturated carbocycles. The first-order valence-electron chi connectivity index (χ1n) is 5.71. The zero-order valence-electron chi connectivity index (χ0n) is 9.96. The molecule has 0 aliphatic carbocycles. The molecule has 0 heterocycles. The molecule has 0 radical (unpaired) electrons. The maximum absolute atomic E-state index is 13.5. The quantitative estimate of drug-likeness (QED) is 0.701. The van der Waals surface area contributed by atoms with Gasteiger partial charge in [-0.25, -0.2) is 8.78 Å². The average molecular weight is 267 g/mol. The highest BCUT2D eigenvalue weighted by molar-refractivity contribution is 6.20. The van der Waals surface area contributed by atoms with E-state index >= 15 is 0 Å². The topological polar surface area (TPSA) is 0 Å². The van der Waals surface area contributed by atoms with Gasteiger partial charge >= 0.3 is 0 Å². The first kappa shape index (κ1) is 13.0. The Hall–Kier alpha value is -1.41. The number of benzene rings is 2. The van der Waals surface area contributed by atoms with Crippen LogP contribution in [-0.2, 0) is 6.42 Å². The molecule has 0 aliphatic heterocycles. The maximum atomic E-state index is 13.5. The zero-order valence-corrected chi connectivity index (χ0v) is 10.7. The van der Waals surface area contributed by atoms with Crippen LogP contribution in [0.2, 0.25) is 0 Å². The molecule has 0 amide bonds. The van der Waals surface area contributed by atoms with E-state index in [2.05, 4.69) is 0 Å². The highest BCUT2D eigenvalue weighted by Gasteiger charge is 2.12. The Morgan fingerprint density at radius 1 is 1.06 bits per heavy atom. The summed E-state index contributed by atoms with van der Waals surface area (Å²) in [5, 5.41) is -0.314. The average Bonchev–Trinajstić information content (AvgIpc) is 2.33. The van der Waals surface area contributed by atoms with Crippen LogP contribution in [0.3, 0.4) is 0 Å². The first-order valence-corrected chi connectivity index (χ1v) is 6.14. The van der Waals surface area contributed by atoms with Crippen molar-refractivity contribution in [3.63, 3.8) is 0 Å². The molecular formula is C15H13ClF2. The molecule has 1 unspecified atom stereocenters. The van der Waals surface area contributed by atoms with Crippen molar-refractivity contribution >= 4 is 11.6 Å². The predicted octanol–water partition coefficient (Wildman–Crippen LogP) is 4.80. The van der Waals surface area contributed by atoms with Crippen molar-refractivity contribution in [3.05, 3.63) is 70.8 Å². The van der Waals surface area contributed by atoms with E-state index in [9.17, 15) is 8.78 Å². The molecule has 1 atom stereocenters. The van der Waals surface area contributed by atoms with E-state index in [-0.39, 0.29) is 5.38 Å². The maximum Gasteiger partial charge on any atom is 0.129 e. The smallest absolute Gasteiger partial charge is 0.129 e. The van der Waals surface area contributed by atoms with E-state index in [4.69, 9.17) is 11.6 Å². The van der Waals surface area contributed by atoms with Crippen LogP contribution >= 0.6 is 11.6 Å². The highest BCUT2D eigenvalue weighted by Crippen LogP contribution is 2.26. The van der Waals surface area contributed by atoms with Gasteiger partial charge in [-0.3, -0.25) is 0 Å². The summed E-state index contributed by atoms with van der Waals surface area (Å²) in [6.07, 6.45) is 0.344. The monoisotopic (exact) mass is 266 g/mol. The van der Waals surface area contributed by atoms with Crippen molar-refractivity contribution in [1.29, 1.82) is 0 Å². The minimum absolute atomic E-state index is 0.314. The van der Waals surface area contributed by atoms with Crippen molar-refractivity contribution in [2.75, 3.05) is 0 Å². The van der Waals surface area contributed by atoms with Gasteiger partial charge in [-0.1, -0.05) is 35.9 Å². The van der Waals surface area contributed by atoms with Crippen LogP contribution in [0.25, 0.3) is 0 Å². The second kappa shape index (κ2) is 5.49. The molecule has 0 nitrogen and oxygen atoms in total. The normalized spacial score (nSPS) is 12.4. The number of hydrogen-bond acceptors (Lipinski definition) is 0. The molecule has 94 valence electrons. The summed E-state index contributed by atoms with van der Waals surface area (Å²) in [7, 11) is 0. The van der Waals surface area contributed by atoms with Crippen LogP contribution in [-0.4, -0.2) is 0 Å². The predicted molar refractivity (Wildman–Crippen MR) is 69.8 cm³/mol. The Morgan fingerprint density at radius 3 is 2.33 bits per heavy atom. The number of rotatable bonds is 3. The van der Waals surface area contributed by atoms with E-state index in [1.54, 1.807) is 0 Å². The molecule has 18 heavy (non-hydrogen) atoms. The van der Waals surface area contributed by atoms with E-state index in [0.717, 1.165) is 17.2 Å². The molecule has 0 bridgehead atoms. The fourth-order valence-electron chi connectivity index (χ4n) is 1.77. The molecule has 0 aliphatic rings. The van der Waals surface area contributed by atoms with Gasteiger partial charge in [0.15, 0.2) is 0 Å². The van der Waals surface area contributed by atoms with Crippen LogP contribution in [0.5, 0.6) is 0 Å². The van der Waals surface area contributed by atoms with Gasteiger partial charge in [0, 0.05) is 6.07 Å². The second-order valence-electron chi connectivity index (χ2n) is 4.32. The number of hydrogen-bond donors (Lipinski definition) is 0. The van der Waals surface area contributed by atoms with Crippen LogP contribution in [0.15, 0.2) is 42.5 Å². The lowest BCUT2D eigenvalue weighted by molar-refractivity contribution is 0.570. The van der Waals surface area contributed by atoms with Crippen LogP contribution in [0, 0.1) is 18.6 Å². The van der Waals surface area contributed by atoms with Gasteiger partial charge in [0.05, 0.1) is 5.38 Å². The third kappa shape index (κ3) is 3.08. The summed E-state index contributed by atoms with van der Waals surface area (Å²) in [4.78, 5) is 0. The Labute approximate surface area is 110 Å². The fourth-order valence-corrected chi connectivity index (χ4v) is 2.09. The fraction of sp³-hybridized carbons (Fsp3) is 0.200. The summed E-state index contributed by atoms with van der Waals surface area (Å²) >= 11 is 6.24. The van der Waals surface area contributed by atoms with Crippen LogP contribution in [0.1, 0.15) is 22.1 Å². The van der Waals surface area contributed by atoms with Gasteiger partial charge in [-0.2, -0.15) is 0 Å². The van der Waals surface area contributed by atoms with Crippen molar-refractivity contribution in [2.45, 2.75) is 18.7 Å². The Kier molecular flexibility index (Phi) is 3.97. The number of alkyl halides is 1. The lowest BCUT2D eigenvalue weighted by atomic mass is 10.0. The molecule has 3 heteroatoms.